The second-order valence-electron chi connectivity index (χ2n) is 5.50. The molecule has 114 valence electrons. The van der Waals surface area contributed by atoms with E-state index in [-0.39, 0.29) is 24.5 Å². The van der Waals surface area contributed by atoms with Gasteiger partial charge in [0.25, 0.3) is 5.91 Å². The maximum Gasteiger partial charge on any atom is 0.253 e. The number of carbonyl (C=O) groups excluding carboxylic acids is 2. The number of carbonyl (C=O) groups is 2. The highest BCUT2D eigenvalue weighted by atomic mass is 16.3. The average molecular weight is 290 g/mol. The summed E-state index contributed by atoms with van der Waals surface area (Å²) in [6.07, 6.45) is 2.57. The lowest BCUT2D eigenvalue weighted by molar-refractivity contribution is -0.119. The molecule has 1 heterocycles. The van der Waals surface area contributed by atoms with Crippen LogP contribution in [0.4, 0.5) is 5.69 Å². The first kappa shape index (κ1) is 15.5. The van der Waals surface area contributed by atoms with Crippen molar-refractivity contribution in [2.45, 2.75) is 32.2 Å². The van der Waals surface area contributed by atoms with E-state index in [1.165, 1.54) is 4.90 Å². The number of likely N-dealkylation sites (N-methyl/N-ethyl adjacent to an activating group) is 1. The van der Waals surface area contributed by atoms with E-state index in [1.807, 2.05) is 12.1 Å². The van der Waals surface area contributed by atoms with Crippen LogP contribution in [-0.4, -0.2) is 48.1 Å². The highest BCUT2D eigenvalue weighted by molar-refractivity contribution is 5.97. The van der Waals surface area contributed by atoms with Crippen LogP contribution in [0.3, 0.4) is 0 Å². The third kappa shape index (κ3) is 3.42. The second kappa shape index (κ2) is 6.72. The molecule has 1 aromatic carbocycles. The number of aliphatic hydroxyl groups excluding tert-OH is 1. The summed E-state index contributed by atoms with van der Waals surface area (Å²) in [5, 5.41) is 9.11. The van der Waals surface area contributed by atoms with Crippen molar-refractivity contribution in [3.8, 4) is 0 Å². The summed E-state index contributed by atoms with van der Waals surface area (Å²) in [6, 6.07) is 6.88. The summed E-state index contributed by atoms with van der Waals surface area (Å²) in [6.45, 7) is 2.47. The predicted molar refractivity (Wildman–Crippen MR) is 81.3 cm³/mol. The van der Waals surface area contributed by atoms with Gasteiger partial charge in [-0.05, 0) is 44.0 Å². The van der Waals surface area contributed by atoms with Crippen molar-refractivity contribution >= 4 is 17.5 Å². The summed E-state index contributed by atoms with van der Waals surface area (Å²) in [4.78, 5) is 27.4. The Morgan fingerprint density at radius 2 is 2.00 bits per heavy atom. The smallest absolute Gasteiger partial charge is 0.253 e. The predicted octanol–water partition coefficient (Wildman–Crippen LogP) is 1.66. The molecule has 0 radical (unpaired) electrons. The third-order valence-electron chi connectivity index (χ3n) is 4.00. The minimum absolute atomic E-state index is 0.0669. The van der Waals surface area contributed by atoms with Gasteiger partial charge in [-0.15, -0.1) is 0 Å². The lowest BCUT2D eigenvalue weighted by atomic mass is 10.1. The van der Waals surface area contributed by atoms with Gasteiger partial charge < -0.3 is 14.9 Å². The first-order chi connectivity index (χ1) is 10.0. The molecule has 0 bridgehead atoms. The van der Waals surface area contributed by atoms with Crippen LogP contribution in [0.1, 0.15) is 36.5 Å². The number of aliphatic hydroxyl groups is 1. The fraction of sp³-hybridized carbons (Fsp3) is 0.500. The molecule has 1 fully saturated rings. The van der Waals surface area contributed by atoms with Crippen molar-refractivity contribution in [1.29, 1.82) is 0 Å². The molecule has 5 nitrogen and oxygen atoms in total. The zero-order chi connectivity index (χ0) is 15.4. The van der Waals surface area contributed by atoms with Gasteiger partial charge in [0.1, 0.15) is 0 Å². The fourth-order valence-electron chi connectivity index (χ4n) is 2.39. The largest absolute Gasteiger partial charge is 0.394 e. The Kier molecular flexibility index (Phi) is 4.96. The van der Waals surface area contributed by atoms with Gasteiger partial charge in [-0.2, -0.15) is 0 Å². The molecule has 0 aliphatic carbocycles. The zero-order valence-corrected chi connectivity index (χ0v) is 12.6. The number of rotatable bonds is 4. The summed E-state index contributed by atoms with van der Waals surface area (Å²) < 4.78 is 0. The molecule has 1 unspecified atom stereocenters. The first-order valence-corrected chi connectivity index (χ1v) is 7.33. The van der Waals surface area contributed by atoms with E-state index in [9.17, 15) is 9.59 Å². The molecule has 5 heteroatoms. The number of amides is 2. The number of hydrogen-bond acceptors (Lipinski definition) is 3. The standard InChI is InChI=1S/C16H22N2O3/c1-12(11-19)17(2)16(21)13-6-8-14(9-7-13)18-10-4-3-5-15(18)20/h6-9,12,19H,3-5,10-11H2,1-2H3. The highest BCUT2D eigenvalue weighted by Gasteiger charge is 2.21. The maximum atomic E-state index is 12.2. The monoisotopic (exact) mass is 290 g/mol. The Morgan fingerprint density at radius 3 is 2.57 bits per heavy atom. The van der Waals surface area contributed by atoms with Gasteiger partial charge in [0, 0.05) is 31.3 Å². The Balaban J connectivity index is 2.11. The molecule has 2 amide bonds. The van der Waals surface area contributed by atoms with Gasteiger partial charge in [0.05, 0.1) is 12.6 Å². The summed E-state index contributed by atoms with van der Waals surface area (Å²) in [5.74, 6) is 0.0134. The summed E-state index contributed by atoms with van der Waals surface area (Å²) in [5.41, 5.74) is 1.40. The number of anilines is 1. The van der Waals surface area contributed by atoms with Crippen molar-refractivity contribution in [1.82, 2.24) is 4.90 Å². The highest BCUT2D eigenvalue weighted by Crippen LogP contribution is 2.21. The van der Waals surface area contributed by atoms with Crippen molar-refractivity contribution < 1.29 is 14.7 Å². The number of piperidine rings is 1. The normalized spacial score (nSPS) is 16.7. The van der Waals surface area contributed by atoms with Crippen LogP contribution in [0, 0.1) is 0 Å². The molecule has 1 N–H and O–H groups in total. The van der Waals surface area contributed by atoms with Gasteiger partial charge >= 0.3 is 0 Å². The average Bonchev–Trinajstić information content (AvgIpc) is 2.53. The molecule has 0 spiro atoms. The van der Waals surface area contributed by atoms with E-state index in [1.54, 1.807) is 31.0 Å². The van der Waals surface area contributed by atoms with Crippen LogP contribution in [0.5, 0.6) is 0 Å². The SMILES string of the molecule is CC(CO)N(C)C(=O)c1ccc(N2CCCCC2=O)cc1. The lowest BCUT2D eigenvalue weighted by Gasteiger charge is -2.27. The quantitative estimate of drug-likeness (QED) is 0.917. The van der Waals surface area contributed by atoms with Gasteiger partial charge in [-0.25, -0.2) is 0 Å². The van der Waals surface area contributed by atoms with Crippen LogP contribution in [0.15, 0.2) is 24.3 Å². The maximum absolute atomic E-state index is 12.2. The van der Waals surface area contributed by atoms with E-state index in [0.29, 0.717) is 12.0 Å². The molecular weight excluding hydrogens is 268 g/mol. The molecule has 0 aromatic heterocycles. The molecular formula is C16H22N2O3. The van der Waals surface area contributed by atoms with E-state index >= 15 is 0 Å². The van der Waals surface area contributed by atoms with Crippen LogP contribution in [-0.2, 0) is 4.79 Å². The van der Waals surface area contributed by atoms with Crippen molar-refractivity contribution in [2.75, 3.05) is 25.1 Å². The molecule has 1 atom stereocenters. The topological polar surface area (TPSA) is 60.9 Å². The molecule has 2 rings (SSSR count). The number of benzene rings is 1. The van der Waals surface area contributed by atoms with E-state index < -0.39 is 0 Å². The van der Waals surface area contributed by atoms with Gasteiger partial charge in [-0.1, -0.05) is 0 Å². The van der Waals surface area contributed by atoms with Gasteiger partial charge in [-0.3, -0.25) is 9.59 Å². The van der Waals surface area contributed by atoms with Gasteiger partial charge in [0.2, 0.25) is 5.91 Å². The Labute approximate surface area is 125 Å². The molecule has 1 saturated heterocycles. The molecule has 21 heavy (non-hydrogen) atoms. The van der Waals surface area contributed by atoms with Crippen molar-refractivity contribution in [3.63, 3.8) is 0 Å². The van der Waals surface area contributed by atoms with E-state index in [4.69, 9.17) is 5.11 Å². The molecule has 1 aliphatic rings. The molecule has 1 aromatic rings. The minimum Gasteiger partial charge on any atom is -0.394 e. The first-order valence-electron chi connectivity index (χ1n) is 7.33. The zero-order valence-electron chi connectivity index (χ0n) is 12.6. The van der Waals surface area contributed by atoms with Crippen LogP contribution >= 0.6 is 0 Å². The van der Waals surface area contributed by atoms with Gasteiger partial charge in [0.15, 0.2) is 0 Å². The second-order valence-corrected chi connectivity index (χ2v) is 5.50. The third-order valence-corrected chi connectivity index (χ3v) is 4.00. The van der Waals surface area contributed by atoms with Crippen molar-refractivity contribution in [2.24, 2.45) is 0 Å². The Hall–Kier alpha value is -1.88. The Morgan fingerprint density at radius 1 is 1.33 bits per heavy atom. The summed E-state index contributed by atoms with van der Waals surface area (Å²) >= 11 is 0. The van der Waals surface area contributed by atoms with Crippen LogP contribution < -0.4 is 4.90 Å². The van der Waals surface area contributed by atoms with Crippen molar-refractivity contribution in [3.05, 3.63) is 29.8 Å². The minimum atomic E-state index is -0.221. The van der Waals surface area contributed by atoms with Crippen LogP contribution in [0.25, 0.3) is 0 Å². The Bertz CT molecular complexity index is 513. The van der Waals surface area contributed by atoms with Crippen LogP contribution in [0.2, 0.25) is 0 Å². The molecule has 1 aliphatic heterocycles. The van der Waals surface area contributed by atoms with E-state index in [2.05, 4.69) is 0 Å². The lowest BCUT2D eigenvalue weighted by Crippen LogP contribution is -2.37. The summed E-state index contributed by atoms with van der Waals surface area (Å²) in [7, 11) is 1.67. The van der Waals surface area contributed by atoms with E-state index in [0.717, 1.165) is 25.1 Å². The number of hydrogen-bond donors (Lipinski definition) is 1. The number of nitrogens with zero attached hydrogens (tertiary/aromatic N) is 2. The molecule has 0 saturated carbocycles. The fourth-order valence-corrected chi connectivity index (χ4v) is 2.39.